The Morgan fingerprint density at radius 1 is 1.14 bits per heavy atom. The predicted octanol–water partition coefficient (Wildman–Crippen LogP) is 3.04. The molecule has 0 bridgehead atoms. The fraction of sp³-hybridized carbons (Fsp3) is 0.500. The van der Waals surface area contributed by atoms with E-state index in [9.17, 15) is 4.39 Å². The molecule has 4 heteroatoms. The molecule has 1 aromatic carbocycles. The third-order valence-electron chi connectivity index (χ3n) is 5.08. The van der Waals surface area contributed by atoms with Gasteiger partial charge in [0.05, 0.1) is 5.52 Å². The topological polar surface area (TPSA) is 19.4 Å². The average Bonchev–Trinajstić information content (AvgIpc) is 2.89. The number of hydrogen-bond donors (Lipinski definition) is 0. The molecule has 0 radical (unpaired) electrons. The predicted molar refractivity (Wildman–Crippen MR) is 86.2 cm³/mol. The summed E-state index contributed by atoms with van der Waals surface area (Å²) in [6.07, 6.45) is 5.63. The number of fused-ring (bicyclic) bond motifs is 2. The first kappa shape index (κ1) is 14.1. The first-order chi connectivity index (χ1) is 10.8. The van der Waals surface area contributed by atoms with E-state index in [1.807, 2.05) is 12.1 Å². The quantitative estimate of drug-likeness (QED) is 0.849. The maximum atomic E-state index is 13.9. The third-order valence-corrected chi connectivity index (χ3v) is 5.08. The third kappa shape index (κ3) is 2.61. The second-order valence-corrected chi connectivity index (χ2v) is 6.53. The highest BCUT2D eigenvalue weighted by molar-refractivity contribution is 5.82. The molecular weight excluding hydrogens is 277 g/mol. The van der Waals surface area contributed by atoms with Crippen molar-refractivity contribution in [2.45, 2.75) is 31.8 Å². The highest BCUT2D eigenvalue weighted by atomic mass is 19.1. The molecule has 0 spiro atoms. The number of benzene rings is 1. The molecule has 1 unspecified atom stereocenters. The van der Waals surface area contributed by atoms with Gasteiger partial charge in [0.15, 0.2) is 0 Å². The van der Waals surface area contributed by atoms with E-state index in [1.54, 1.807) is 18.3 Å². The van der Waals surface area contributed by atoms with E-state index >= 15 is 0 Å². The largest absolute Gasteiger partial charge is 0.299 e. The molecule has 0 amide bonds. The molecule has 2 saturated heterocycles. The summed E-state index contributed by atoms with van der Waals surface area (Å²) < 4.78 is 13.9. The Morgan fingerprint density at radius 2 is 2.05 bits per heavy atom. The standard InChI is InChI=1S/C18H22FN3/c19-17-7-6-14(18-16(17)5-1-8-20-18)12-21-9-3-11-22-10-2-4-15(22)13-21/h1,5-8,15H,2-4,9-13H2. The van der Waals surface area contributed by atoms with E-state index < -0.39 is 0 Å². The van der Waals surface area contributed by atoms with Crippen molar-refractivity contribution in [3.8, 4) is 0 Å². The van der Waals surface area contributed by atoms with Gasteiger partial charge >= 0.3 is 0 Å². The van der Waals surface area contributed by atoms with Crippen molar-refractivity contribution in [3.63, 3.8) is 0 Å². The molecule has 2 fully saturated rings. The maximum Gasteiger partial charge on any atom is 0.132 e. The Balaban J connectivity index is 1.59. The number of aromatic nitrogens is 1. The van der Waals surface area contributed by atoms with Crippen molar-refractivity contribution in [1.29, 1.82) is 0 Å². The summed E-state index contributed by atoms with van der Waals surface area (Å²) in [6, 6.07) is 7.82. The van der Waals surface area contributed by atoms with Crippen LogP contribution in [0.1, 0.15) is 24.8 Å². The van der Waals surface area contributed by atoms with Crippen LogP contribution in [0.3, 0.4) is 0 Å². The zero-order chi connectivity index (χ0) is 14.9. The Hall–Kier alpha value is -1.52. The SMILES string of the molecule is Fc1ccc(CN2CCCN3CCCC3C2)c2ncccc12. The number of rotatable bonds is 2. The van der Waals surface area contributed by atoms with E-state index in [4.69, 9.17) is 0 Å². The Labute approximate surface area is 130 Å². The Bertz CT molecular complexity index is 672. The van der Waals surface area contributed by atoms with Gasteiger partial charge in [-0.1, -0.05) is 6.07 Å². The fourth-order valence-corrected chi connectivity index (χ4v) is 3.99. The van der Waals surface area contributed by atoms with Crippen molar-refractivity contribution < 1.29 is 4.39 Å². The van der Waals surface area contributed by atoms with Crippen LogP contribution in [0.15, 0.2) is 30.5 Å². The first-order valence-corrected chi connectivity index (χ1v) is 8.30. The van der Waals surface area contributed by atoms with Crippen molar-refractivity contribution in [3.05, 3.63) is 41.8 Å². The van der Waals surface area contributed by atoms with Crippen LogP contribution in [0.25, 0.3) is 10.9 Å². The lowest BCUT2D eigenvalue weighted by molar-refractivity contribution is 0.216. The maximum absolute atomic E-state index is 13.9. The van der Waals surface area contributed by atoms with Crippen molar-refractivity contribution >= 4 is 10.9 Å². The van der Waals surface area contributed by atoms with Gasteiger partial charge in [-0.05, 0) is 62.7 Å². The summed E-state index contributed by atoms with van der Waals surface area (Å²) in [6.45, 7) is 5.62. The van der Waals surface area contributed by atoms with Gasteiger partial charge in [0.1, 0.15) is 5.82 Å². The molecule has 0 N–H and O–H groups in total. The van der Waals surface area contributed by atoms with Crippen LogP contribution in [0, 0.1) is 5.82 Å². The number of halogens is 1. The minimum Gasteiger partial charge on any atom is -0.299 e. The van der Waals surface area contributed by atoms with Gasteiger partial charge in [-0.15, -0.1) is 0 Å². The highest BCUT2D eigenvalue weighted by Gasteiger charge is 2.28. The number of nitrogens with zero attached hydrogens (tertiary/aromatic N) is 3. The van der Waals surface area contributed by atoms with Gasteiger partial charge < -0.3 is 0 Å². The minimum atomic E-state index is -0.176. The van der Waals surface area contributed by atoms with Gasteiger partial charge in [-0.3, -0.25) is 14.8 Å². The second-order valence-electron chi connectivity index (χ2n) is 6.53. The van der Waals surface area contributed by atoms with Gasteiger partial charge in [0.2, 0.25) is 0 Å². The first-order valence-electron chi connectivity index (χ1n) is 8.30. The second kappa shape index (κ2) is 5.94. The monoisotopic (exact) mass is 299 g/mol. The lowest BCUT2D eigenvalue weighted by atomic mass is 10.1. The Kier molecular flexibility index (Phi) is 3.80. The van der Waals surface area contributed by atoms with Crippen molar-refractivity contribution in [2.24, 2.45) is 0 Å². The van der Waals surface area contributed by atoms with E-state index in [0.717, 1.165) is 30.7 Å². The normalized spacial score (nSPS) is 23.6. The van der Waals surface area contributed by atoms with E-state index in [-0.39, 0.29) is 5.82 Å². The molecule has 0 aliphatic carbocycles. The van der Waals surface area contributed by atoms with Crippen LogP contribution in [-0.4, -0.2) is 47.0 Å². The molecule has 22 heavy (non-hydrogen) atoms. The average molecular weight is 299 g/mol. The number of pyridine rings is 1. The Morgan fingerprint density at radius 3 is 3.00 bits per heavy atom. The molecular formula is C18H22FN3. The van der Waals surface area contributed by atoms with Crippen molar-refractivity contribution in [2.75, 3.05) is 26.2 Å². The van der Waals surface area contributed by atoms with Crippen LogP contribution in [0.2, 0.25) is 0 Å². The molecule has 116 valence electrons. The number of hydrogen-bond acceptors (Lipinski definition) is 3. The van der Waals surface area contributed by atoms with E-state index in [1.165, 1.54) is 32.4 Å². The molecule has 2 aliphatic rings. The van der Waals surface area contributed by atoms with E-state index in [2.05, 4.69) is 14.8 Å². The lowest BCUT2D eigenvalue weighted by Crippen LogP contribution is -2.36. The lowest BCUT2D eigenvalue weighted by Gasteiger charge is -2.25. The zero-order valence-electron chi connectivity index (χ0n) is 12.8. The summed E-state index contributed by atoms with van der Waals surface area (Å²) in [4.78, 5) is 9.59. The summed E-state index contributed by atoms with van der Waals surface area (Å²) >= 11 is 0. The van der Waals surface area contributed by atoms with Gasteiger partial charge in [-0.25, -0.2) is 4.39 Å². The van der Waals surface area contributed by atoms with E-state index in [0.29, 0.717) is 11.4 Å². The molecule has 0 saturated carbocycles. The van der Waals surface area contributed by atoms with Gasteiger partial charge in [-0.2, -0.15) is 0 Å². The molecule has 2 aromatic rings. The molecule has 1 aromatic heterocycles. The fourth-order valence-electron chi connectivity index (χ4n) is 3.99. The molecule has 3 heterocycles. The smallest absolute Gasteiger partial charge is 0.132 e. The summed E-state index contributed by atoms with van der Waals surface area (Å²) in [7, 11) is 0. The highest BCUT2D eigenvalue weighted by Crippen LogP contribution is 2.25. The van der Waals surface area contributed by atoms with Crippen LogP contribution in [-0.2, 0) is 6.54 Å². The van der Waals surface area contributed by atoms with Gasteiger partial charge in [0, 0.05) is 30.7 Å². The van der Waals surface area contributed by atoms with Crippen LogP contribution in [0.5, 0.6) is 0 Å². The van der Waals surface area contributed by atoms with Gasteiger partial charge in [0.25, 0.3) is 0 Å². The molecule has 4 rings (SSSR count). The molecule has 3 nitrogen and oxygen atoms in total. The van der Waals surface area contributed by atoms with Crippen LogP contribution < -0.4 is 0 Å². The summed E-state index contributed by atoms with van der Waals surface area (Å²) in [5.41, 5.74) is 1.96. The molecule has 1 atom stereocenters. The minimum absolute atomic E-state index is 0.176. The van der Waals surface area contributed by atoms with Crippen molar-refractivity contribution in [1.82, 2.24) is 14.8 Å². The summed E-state index contributed by atoms with van der Waals surface area (Å²) in [5.74, 6) is -0.176. The van der Waals surface area contributed by atoms with Crippen LogP contribution in [0.4, 0.5) is 4.39 Å². The molecule has 2 aliphatic heterocycles. The summed E-state index contributed by atoms with van der Waals surface area (Å²) in [5, 5.41) is 0.636. The zero-order valence-corrected chi connectivity index (χ0v) is 12.8. The van der Waals surface area contributed by atoms with Crippen LogP contribution >= 0.6 is 0 Å².